The number of hydrogen-bond donors (Lipinski definition) is 3. The number of anilines is 2. The molecule has 9 nitrogen and oxygen atoms in total. The van der Waals surface area contributed by atoms with E-state index in [-0.39, 0.29) is 41.3 Å². The molecule has 0 fully saturated rings. The fraction of sp³-hybridized carbons (Fsp3) is 0.154. The maximum atomic E-state index is 13.6. The van der Waals surface area contributed by atoms with E-state index in [4.69, 9.17) is 21.1 Å². The van der Waals surface area contributed by atoms with Gasteiger partial charge in [0, 0.05) is 5.69 Å². The van der Waals surface area contributed by atoms with Crippen LogP contribution in [0.3, 0.4) is 0 Å². The molecule has 3 aromatic carbocycles. The summed E-state index contributed by atoms with van der Waals surface area (Å²) in [4.78, 5) is 36.2. The van der Waals surface area contributed by atoms with Crippen molar-refractivity contribution in [1.29, 1.82) is 0 Å². The number of benzene rings is 3. The van der Waals surface area contributed by atoms with E-state index in [1.54, 1.807) is 19.1 Å². The molecule has 0 saturated heterocycles. The third-order valence-corrected chi connectivity index (χ3v) is 5.00. The van der Waals surface area contributed by atoms with E-state index in [9.17, 15) is 18.8 Å². The first-order chi connectivity index (χ1) is 17.8. The molecule has 3 amide bonds. The average molecular weight is 527 g/mol. The molecule has 0 spiro atoms. The molecule has 0 saturated carbocycles. The Labute approximate surface area is 217 Å². The summed E-state index contributed by atoms with van der Waals surface area (Å²) in [6.07, 6.45) is 1.23. The molecule has 37 heavy (non-hydrogen) atoms. The monoisotopic (exact) mass is 526 g/mol. The number of aryl methyl sites for hydroxylation is 1. The summed E-state index contributed by atoms with van der Waals surface area (Å²) in [6.45, 7) is 3.68. The van der Waals surface area contributed by atoms with Gasteiger partial charge in [-0.25, -0.2) is 9.82 Å². The van der Waals surface area contributed by atoms with Crippen molar-refractivity contribution >= 4 is 46.9 Å². The zero-order valence-electron chi connectivity index (χ0n) is 20.0. The maximum absolute atomic E-state index is 13.6. The summed E-state index contributed by atoms with van der Waals surface area (Å²) in [5.74, 6) is -2.85. The number of carbonyl (C=O) groups excluding carboxylic acids is 3. The molecule has 0 aliphatic rings. The van der Waals surface area contributed by atoms with E-state index in [0.29, 0.717) is 11.3 Å². The summed E-state index contributed by atoms with van der Waals surface area (Å²) in [5, 5.41) is 8.74. The lowest BCUT2D eigenvalue weighted by Gasteiger charge is -2.14. The van der Waals surface area contributed by atoms with Crippen LogP contribution in [0.4, 0.5) is 15.8 Å². The summed E-state index contributed by atoms with van der Waals surface area (Å²) >= 11 is 6.34. The number of nitrogens with one attached hydrogen (secondary N) is 3. The van der Waals surface area contributed by atoms with E-state index in [0.717, 1.165) is 11.6 Å². The Bertz CT molecular complexity index is 1310. The van der Waals surface area contributed by atoms with Gasteiger partial charge in [0.05, 0.1) is 23.5 Å². The lowest BCUT2D eigenvalue weighted by atomic mass is 10.2. The van der Waals surface area contributed by atoms with Gasteiger partial charge in [0.15, 0.2) is 18.1 Å². The van der Waals surface area contributed by atoms with Crippen LogP contribution in [0.2, 0.25) is 5.02 Å². The predicted octanol–water partition coefficient (Wildman–Crippen LogP) is 4.29. The molecule has 0 aliphatic carbocycles. The Hall–Kier alpha value is -4.44. The van der Waals surface area contributed by atoms with Crippen molar-refractivity contribution in [1.82, 2.24) is 5.43 Å². The fourth-order valence-corrected chi connectivity index (χ4v) is 3.27. The van der Waals surface area contributed by atoms with Crippen molar-refractivity contribution in [3.05, 3.63) is 82.6 Å². The molecule has 0 radical (unpaired) electrons. The smallest absolute Gasteiger partial charge is 0.329 e. The Balaban J connectivity index is 1.61. The Morgan fingerprint density at radius 1 is 1.00 bits per heavy atom. The van der Waals surface area contributed by atoms with Gasteiger partial charge in [-0.05, 0) is 55.8 Å². The van der Waals surface area contributed by atoms with Gasteiger partial charge in [-0.15, -0.1) is 0 Å². The second-order valence-electron chi connectivity index (χ2n) is 7.60. The molecule has 0 aromatic heterocycles. The highest BCUT2D eigenvalue weighted by Gasteiger charge is 2.16. The second kappa shape index (κ2) is 13.0. The number of amides is 3. The van der Waals surface area contributed by atoms with Crippen LogP contribution >= 0.6 is 11.6 Å². The van der Waals surface area contributed by atoms with Crippen LogP contribution in [-0.2, 0) is 14.4 Å². The van der Waals surface area contributed by atoms with Crippen molar-refractivity contribution in [3.8, 4) is 11.5 Å². The van der Waals surface area contributed by atoms with Crippen molar-refractivity contribution in [2.75, 3.05) is 23.8 Å². The number of carbonyl (C=O) groups is 3. The normalized spacial score (nSPS) is 10.6. The van der Waals surface area contributed by atoms with Crippen LogP contribution < -0.4 is 25.5 Å². The largest absolute Gasteiger partial charge is 0.490 e. The van der Waals surface area contributed by atoms with Gasteiger partial charge in [0.2, 0.25) is 0 Å². The summed E-state index contributed by atoms with van der Waals surface area (Å²) in [5.41, 5.74) is 4.03. The minimum atomic E-state index is -1.10. The van der Waals surface area contributed by atoms with Crippen LogP contribution in [0.1, 0.15) is 18.1 Å². The highest BCUT2D eigenvalue weighted by atomic mass is 35.5. The molecule has 0 heterocycles. The second-order valence-corrected chi connectivity index (χ2v) is 8.01. The number of ether oxygens (including phenoxy) is 2. The number of halogens is 2. The molecule has 0 aliphatic heterocycles. The Kier molecular flexibility index (Phi) is 9.56. The standard InChI is InChI=1S/C26H24ClFN4O5/c1-3-36-22-13-17(14-29-32-26(35)25(34)31-21-7-5-4-6-20(21)28)12-19(27)24(22)37-15-23(33)30-18-10-8-16(2)9-11-18/h4-14H,3,15H2,1-2H3,(H,30,33)(H,31,34)(H,32,35)/b29-14-. The first kappa shape index (κ1) is 27.2. The molecule has 3 rings (SSSR count). The van der Waals surface area contributed by atoms with Gasteiger partial charge in [0.1, 0.15) is 5.82 Å². The highest BCUT2D eigenvalue weighted by molar-refractivity contribution is 6.39. The summed E-state index contributed by atoms with van der Waals surface area (Å²) < 4.78 is 24.8. The molecule has 0 atom stereocenters. The van der Waals surface area contributed by atoms with Crippen LogP contribution in [0.25, 0.3) is 0 Å². The number of hydrogen-bond acceptors (Lipinski definition) is 6. The molecule has 192 valence electrons. The first-order valence-corrected chi connectivity index (χ1v) is 11.5. The van der Waals surface area contributed by atoms with Crippen LogP contribution in [0.15, 0.2) is 65.8 Å². The van der Waals surface area contributed by atoms with E-state index in [1.165, 1.54) is 36.5 Å². The Morgan fingerprint density at radius 3 is 2.43 bits per heavy atom. The van der Waals surface area contributed by atoms with E-state index >= 15 is 0 Å². The molecular weight excluding hydrogens is 503 g/mol. The third-order valence-electron chi connectivity index (χ3n) is 4.72. The first-order valence-electron chi connectivity index (χ1n) is 11.1. The lowest BCUT2D eigenvalue weighted by Crippen LogP contribution is -2.32. The number of para-hydroxylation sites is 1. The van der Waals surface area contributed by atoms with E-state index < -0.39 is 17.6 Å². The molecule has 0 unspecified atom stereocenters. The van der Waals surface area contributed by atoms with Crippen LogP contribution in [-0.4, -0.2) is 37.1 Å². The van der Waals surface area contributed by atoms with Crippen LogP contribution in [0, 0.1) is 12.7 Å². The summed E-state index contributed by atoms with van der Waals surface area (Å²) in [6, 6.07) is 15.8. The van der Waals surface area contributed by atoms with Crippen molar-refractivity contribution < 1.29 is 28.2 Å². The van der Waals surface area contributed by atoms with Crippen molar-refractivity contribution in [2.45, 2.75) is 13.8 Å². The van der Waals surface area contributed by atoms with Crippen molar-refractivity contribution in [3.63, 3.8) is 0 Å². The van der Waals surface area contributed by atoms with Crippen molar-refractivity contribution in [2.24, 2.45) is 5.10 Å². The number of rotatable bonds is 9. The number of hydrazone groups is 1. The Morgan fingerprint density at radius 2 is 1.73 bits per heavy atom. The van der Waals surface area contributed by atoms with E-state index in [2.05, 4.69) is 21.2 Å². The highest BCUT2D eigenvalue weighted by Crippen LogP contribution is 2.36. The van der Waals surface area contributed by atoms with Crippen LogP contribution in [0.5, 0.6) is 11.5 Å². The van der Waals surface area contributed by atoms with Gasteiger partial charge in [-0.1, -0.05) is 41.4 Å². The maximum Gasteiger partial charge on any atom is 0.329 e. The minimum Gasteiger partial charge on any atom is -0.490 e. The van der Waals surface area contributed by atoms with Gasteiger partial charge in [-0.3, -0.25) is 14.4 Å². The molecule has 11 heteroatoms. The average Bonchev–Trinajstić information content (AvgIpc) is 2.86. The molecular formula is C26H24ClFN4O5. The predicted molar refractivity (Wildman–Crippen MR) is 139 cm³/mol. The van der Waals surface area contributed by atoms with Gasteiger partial charge < -0.3 is 20.1 Å². The zero-order valence-corrected chi connectivity index (χ0v) is 20.8. The number of nitrogens with zero attached hydrogens (tertiary/aromatic N) is 1. The zero-order chi connectivity index (χ0) is 26.8. The molecule has 0 bridgehead atoms. The third kappa shape index (κ3) is 8.04. The fourth-order valence-electron chi connectivity index (χ4n) is 3.00. The summed E-state index contributed by atoms with van der Waals surface area (Å²) in [7, 11) is 0. The van der Waals surface area contributed by atoms with Gasteiger partial charge in [0.25, 0.3) is 5.91 Å². The molecule has 3 aromatic rings. The van der Waals surface area contributed by atoms with Gasteiger partial charge in [-0.2, -0.15) is 5.10 Å². The molecule has 3 N–H and O–H groups in total. The van der Waals surface area contributed by atoms with Gasteiger partial charge >= 0.3 is 11.8 Å². The quantitative estimate of drug-likeness (QED) is 0.218. The SMILES string of the molecule is CCOc1cc(/C=N\NC(=O)C(=O)Nc2ccccc2F)cc(Cl)c1OCC(=O)Nc1ccc(C)cc1. The van der Waals surface area contributed by atoms with E-state index in [1.807, 2.05) is 19.1 Å². The minimum absolute atomic E-state index is 0.136. The lowest BCUT2D eigenvalue weighted by molar-refractivity contribution is -0.136. The topological polar surface area (TPSA) is 118 Å².